The summed E-state index contributed by atoms with van der Waals surface area (Å²) in [5.41, 5.74) is 6.47. The van der Waals surface area contributed by atoms with Crippen LogP contribution in [0.5, 0.6) is 0 Å². The van der Waals surface area contributed by atoms with Crippen LogP contribution < -0.4 is 10.6 Å². The number of imidazole rings is 1. The zero-order chi connectivity index (χ0) is 30.0. The third kappa shape index (κ3) is 4.05. The Morgan fingerprint density at radius 2 is 1.33 bits per heavy atom. The molecule has 0 bridgehead atoms. The molecule has 0 aliphatic heterocycles. The standard InChI is InChI=1S/C41H29N2OP/c44-45(32-11-3-1-4-12-32,33-13-5-2-6-14-33)34-23-21-29-25-28(19-20-30(29)26-34)31-22-24-36-35-15-7-8-16-37(35)41-42-38-17-9-10-18-39(38)43(41)40(36)27-31/h1-13,15-27,33H,14H2. The van der Waals surface area contributed by atoms with Crippen molar-refractivity contribution in [3.63, 3.8) is 0 Å². The Morgan fingerprint density at radius 3 is 2.20 bits per heavy atom. The minimum atomic E-state index is -2.91. The number of fused-ring (bicyclic) bond motifs is 9. The van der Waals surface area contributed by atoms with E-state index in [0.29, 0.717) is 0 Å². The van der Waals surface area contributed by atoms with Gasteiger partial charge in [-0.1, -0.05) is 127 Å². The topological polar surface area (TPSA) is 34.4 Å². The predicted molar refractivity (Wildman–Crippen MR) is 191 cm³/mol. The Kier molecular flexibility index (Phi) is 5.91. The van der Waals surface area contributed by atoms with Crippen LogP contribution in [-0.2, 0) is 4.57 Å². The molecular weight excluding hydrogens is 567 g/mol. The summed E-state index contributed by atoms with van der Waals surface area (Å²) in [5.74, 6) is 0. The molecule has 4 heteroatoms. The van der Waals surface area contributed by atoms with Crippen molar-refractivity contribution in [2.75, 3.05) is 0 Å². The van der Waals surface area contributed by atoms with Gasteiger partial charge >= 0.3 is 0 Å². The first-order chi connectivity index (χ1) is 22.2. The smallest absolute Gasteiger partial charge is 0.150 e. The predicted octanol–water partition coefficient (Wildman–Crippen LogP) is 9.81. The number of allylic oxidation sites excluding steroid dienone is 4. The van der Waals surface area contributed by atoms with Crippen molar-refractivity contribution in [2.45, 2.75) is 12.1 Å². The van der Waals surface area contributed by atoms with Crippen molar-refractivity contribution in [1.29, 1.82) is 0 Å². The summed E-state index contributed by atoms with van der Waals surface area (Å²) in [5, 5.41) is 7.61. The van der Waals surface area contributed by atoms with Gasteiger partial charge in [0.05, 0.1) is 16.6 Å². The van der Waals surface area contributed by atoms with E-state index in [-0.39, 0.29) is 5.66 Å². The van der Waals surface area contributed by atoms with Gasteiger partial charge in [0.25, 0.3) is 0 Å². The molecule has 2 atom stereocenters. The highest BCUT2D eigenvalue weighted by Crippen LogP contribution is 2.51. The molecule has 1 aliphatic carbocycles. The molecule has 0 spiro atoms. The van der Waals surface area contributed by atoms with Gasteiger partial charge in [-0.2, -0.15) is 0 Å². The summed E-state index contributed by atoms with van der Waals surface area (Å²) in [6.07, 6.45) is 9.09. The molecule has 3 nitrogen and oxygen atoms in total. The Labute approximate surface area is 261 Å². The summed E-state index contributed by atoms with van der Waals surface area (Å²) < 4.78 is 17.3. The van der Waals surface area contributed by atoms with Crippen molar-refractivity contribution >= 4 is 66.9 Å². The molecular formula is C41H29N2OP. The molecule has 2 unspecified atom stereocenters. The van der Waals surface area contributed by atoms with Gasteiger partial charge in [0, 0.05) is 27.0 Å². The largest absolute Gasteiger partial charge is 0.313 e. The lowest BCUT2D eigenvalue weighted by atomic mass is 9.98. The fourth-order valence-corrected chi connectivity index (χ4v) is 10.2. The average molecular weight is 597 g/mol. The minimum Gasteiger partial charge on any atom is -0.313 e. The number of benzene rings is 6. The van der Waals surface area contributed by atoms with E-state index in [1.165, 1.54) is 10.8 Å². The maximum Gasteiger partial charge on any atom is 0.150 e. The summed E-state index contributed by atoms with van der Waals surface area (Å²) in [6.45, 7) is 0. The highest BCUT2D eigenvalue weighted by atomic mass is 31.2. The number of rotatable bonds is 4. The van der Waals surface area contributed by atoms with Gasteiger partial charge in [-0.25, -0.2) is 4.98 Å². The number of para-hydroxylation sites is 2. The highest BCUT2D eigenvalue weighted by molar-refractivity contribution is 7.79. The average Bonchev–Trinajstić information content (AvgIpc) is 3.52. The molecule has 1 aliphatic rings. The number of hydrogen-bond acceptors (Lipinski definition) is 2. The van der Waals surface area contributed by atoms with Crippen LogP contribution >= 0.6 is 7.14 Å². The second-order valence-corrected chi connectivity index (χ2v) is 14.9. The molecule has 214 valence electrons. The molecule has 0 fully saturated rings. The van der Waals surface area contributed by atoms with E-state index >= 15 is 4.57 Å². The molecule has 8 aromatic rings. The van der Waals surface area contributed by atoms with Crippen LogP contribution in [0, 0.1) is 0 Å². The zero-order valence-electron chi connectivity index (χ0n) is 24.5. The Bertz CT molecular complexity index is 2560. The Morgan fingerprint density at radius 1 is 0.600 bits per heavy atom. The second-order valence-electron chi connectivity index (χ2n) is 11.9. The summed E-state index contributed by atoms with van der Waals surface area (Å²) in [4.78, 5) is 5.05. The lowest BCUT2D eigenvalue weighted by molar-refractivity contribution is 0.582. The Hall–Kier alpha value is -5.24. The van der Waals surface area contributed by atoms with Gasteiger partial charge < -0.3 is 4.57 Å². The van der Waals surface area contributed by atoms with Crippen molar-refractivity contribution in [3.8, 4) is 11.1 Å². The van der Waals surface area contributed by atoms with Gasteiger partial charge in [-0.15, -0.1) is 0 Å². The lowest BCUT2D eigenvalue weighted by Crippen LogP contribution is -2.25. The first kappa shape index (κ1) is 26.2. The monoisotopic (exact) mass is 596 g/mol. The van der Waals surface area contributed by atoms with Gasteiger partial charge in [-0.3, -0.25) is 4.40 Å². The highest BCUT2D eigenvalue weighted by Gasteiger charge is 2.35. The third-order valence-corrected chi connectivity index (χ3v) is 12.8. The van der Waals surface area contributed by atoms with Gasteiger partial charge in [0.15, 0.2) is 0 Å². The molecule has 0 radical (unpaired) electrons. The fourth-order valence-electron chi connectivity index (χ4n) is 7.13. The molecule has 0 saturated carbocycles. The Balaban J connectivity index is 1.20. The third-order valence-electron chi connectivity index (χ3n) is 9.36. The van der Waals surface area contributed by atoms with Crippen molar-refractivity contribution in [2.24, 2.45) is 0 Å². The van der Waals surface area contributed by atoms with E-state index in [1.807, 2.05) is 48.6 Å². The number of nitrogens with zero attached hydrogens (tertiary/aromatic N) is 2. The summed E-state index contributed by atoms with van der Waals surface area (Å²) in [6, 6.07) is 46.7. The van der Waals surface area contributed by atoms with Crippen LogP contribution in [0.2, 0.25) is 0 Å². The van der Waals surface area contributed by atoms with Crippen molar-refractivity contribution in [3.05, 3.63) is 158 Å². The molecule has 6 aromatic carbocycles. The maximum atomic E-state index is 15.0. The van der Waals surface area contributed by atoms with Crippen molar-refractivity contribution < 1.29 is 4.57 Å². The minimum absolute atomic E-state index is 0.0496. The molecule has 9 rings (SSSR count). The fraction of sp³-hybridized carbons (Fsp3) is 0.0488. The normalized spacial score (nSPS) is 16.2. The molecule has 2 aromatic heterocycles. The molecule has 0 saturated heterocycles. The van der Waals surface area contributed by atoms with E-state index in [9.17, 15) is 0 Å². The van der Waals surface area contributed by atoms with Crippen LogP contribution in [0.3, 0.4) is 0 Å². The second kappa shape index (κ2) is 10.2. The molecule has 0 N–H and O–H groups in total. The number of aromatic nitrogens is 2. The number of pyridine rings is 1. The lowest BCUT2D eigenvalue weighted by Gasteiger charge is -2.27. The van der Waals surface area contributed by atoms with Crippen LogP contribution in [-0.4, -0.2) is 15.0 Å². The first-order valence-corrected chi connectivity index (χ1v) is 17.2. The SMILES string of the molecule is O=P(c1ccccc1)(c1ccc2cc(-c3ccc4c5ccccc5c5nc6ccccc6n5c4c3)ccc2c1)C1C=CC=CC1. The van der Waals surface area contributed by atoms with Crippen LogP contribution in [0.4, 0.5) is 0 Å². The van der Waals surface area contributed by atoms with Crippen LogP contribution in [0.1, 0.15) is 6.42 Å². The van der Waals surface area contributed by atoms with Gasteiger partial charge in [0.2, 0.25) is 0 Å². The molecule has 2 heterocycles. The van der Waals surface area contributed by atoms with E-state index in [1.54, 1.807) is 0 Å². The van der Waals surface area contributed by atoms with Crippen LogP contribution in [0.15, 0.2) is 158 Å². The van der Waals surface area contributed by atoms with Gasteiger partial charge in [-0.05, 0) is 64.0 Å². The summed E-state index contributed by atoms with van der Waals surface area (Å²) >= 11 is 0. The van der Waals surface area contributed by atoms with E-state index < -0.39 is 7.14 Å². The van der Waals surface area contributed by atoms with Crippen molar-refractivity contribution in [1.82, 2.24) is 9.38 Å². The first-order valence-electron chi connectivity index (χ1n) is 15.4. The van der Waals surface area contributed by atoms with E-state index in [0.717, 1.165) is 66.5 Å². The summed E-state index contributed by atoms with van der Waals surface area (Å²) in [7, 11) is -2.91. The molecule has 0 amide bonds. The van der Waals surface area contributed by atoms with Crippen LogP contribution in [0.25, 0.3) is 60.3 Å². The number of hydrogen-bond donors (Lipinski definition) is 0. The van der Waals surface area contributed by atoms with E-state index in [4.69, 9.17) is 4.98 Å². The quantitative estimate of drug-likeness (QED) is 0.150. The maximum absolute atomic E-state index is 15.0. The van der Waals surface area contributed by atoms with E-state index in [2.05, 4.69) is 114 Å². The van der Waals surface area contributed by atoms with Gasteiger partial charge in [0.1, 0.15) is 12.8 Å². The molecule has 45 heavy (non-hydrogen) atoms. The zero-order valence-corrected chi connectivity index (χ0v) is 25.4.